The zero-order valence-electron chi connectivity index (χ0n) is 14.2. The maximum atomic E-state index is 6.08. The second-order valence-electron chi connectivity index (χ2n) is 5.61. The number of rotatable bonds is 5. The van der Waals surface area contributed by atoms with Gasteiger partial charge in [-0.25, -0.2) is 9.97 Å². The number of ether oxygens (including phenoxy) is 4. The Morgan fingerprint density at radius 1 is 1.04 bits per heavy atom. The molecule has 0 atom stereocenters. The zero-order chi connectivity index (χ0) is 18.1. The summed E-state index contributed by atoms with van der Waals surface area (Å²) in [5.74, 6) is 3.27. The molecular weight excluding hydrogens is 358 g/mol. The molecule has 8 heteroatoms. The lowest BCUT2D eigenvalue weighted by atomic mass is 10.2. The van der Waals surface area contributed by atoms with E-state index >= 15 is 0 Å². The minimum absolute atomic E-state index is 0.151. The van der Waals surface area contributed by atoms with Gasteiger partial charge in [0.15, 0.2) is 23.0 Å². The highest BCUT2D eigenvalue weighted by Crippen LogP contribution is 2.35. The Morgan fingerprint density at radius 3 is 2.62 bits per heavy atom. The molecule has 0 bridgehead atoms. The van der Waals surface area contributed by atoms with E-state index in [1.807, 2.05) is 24.3 Å². The molecule has 0 unspecified atom stereocenters. The van der Waals surface area contributed by atoms with Crippen LogP contribution in [0.5, 0.6) is 23.0 Å². The summed E-state index contributed by atoms with van der Waals surface area (Å²) in [5, 5.41) is 4.23. The lowest BCUT2D eigenvalue weighted by molar-refractivity contribution is 0.174. The second-order valence-corrected chi connectivity index (χ2v) is 5.94. The first-order valence-corrected chi connectivity index (χ1v) is 8.27. The highest BCUT2D eigenvalue weighted by Gasteiger charge is 2.15. The summed E-state index contributed by atoms with van der Waals surface area (Å²) in [6.45, 7) is 0.785. The molecule has 7 nitrogen and oxygen atoms in total. The van der Waals surface area contributed by atoms with E-state index in [2.05, 4.69) is 15.3 Å². The molecule has 0 aliphatic carbocycles. The molecular formula is C18H16ClN3O4. The average Bonchev–Trinajstić information content (AvgIpc) is 3.12. The first-order valence-electron chi connectivity index (χ1n) is 7.89. The molecule has 0 radical (unpaired) electrons. The molecule has 0 fully saturated rings. The molecule has 1 aliphatic heterocycles. The maximum absolute atomic E-state index is 6.08. The van der Waals surface area contributed by atoms with E-state index < -0.39 is 0 Å². The van der Waals surface area contributed by atoms with Crippen LogP contribution < -0.4 is 24.3 Å². The highest BCUT2D eigenvalue weighted by atomic mass is 35.5. The van der Waals surface area contributed by atoms with Gasteiger partial charge in [-0.1, -0.05) is 6.07 Å². The molecule has 0 saturated heterocycles. The molecule has 1 aromatic heterocycles. The Bertz CT molecular complexity index is 980. The van der Waals surface area contributed by atoms with Crippen LogP contribution in [0.3, 0.4) is 0 Å². The van der Waals surface area contributed by atoms with Crippen molar-refractivity contribution in [2.75, 3.05) is 26.3 Å². The number of benzene rings is 2. The molecule has 4 rings (SSSR count). The number of hydrogen-bond donors (Lipinski definition) is 1. The van der Waals surface area contributed by atoms with Gasteiger partial charge in [0.05, 0.1) is 19.7 Å². The minimum atomic E-state index is 0.151. The lowest BCUT2D eigenvalue weighted by Crippen LogP contribution is -2.04. The standard InChI is InChI=1S/C18H16ClN3O4/c1-23-14-6-11-12(7-15(14)24-2)21-18(19)22-17(11)20-8-10-3-4-13-16(5-10)26-9-25-13/h3-7H,8-9H2,1-2H3,(H,20,21,22). The van der Waals surface area contributed by atoms with Gasteiger partial charge in [0.2, 0.25) is 12.1 Å². The van der Waals surface area contributed by atoms with Gasteiger partial charge in [0.1, 0.15) is 5.82 Å². The van der Waals surface area contributed by atoms with E-state index in [1.54, 1.807) is 20.3 Å². The highest BCUT2D eigenvalue weighted by molar-refractivity contribution is 6.28. The van der Waals surface area contributed by atoms with Gasteiger partial charge >= 0.3 is 0 Å². The van der Waals surface area contributed by atoms with Crippen LogP contribution in [0.15, 0.2) is 30.3 Å². The van der Waals surface area contributed by atoms with Crippen LogP contribution in [0.25, 0.3) is 10.9 Å². The molecule has 26 heavy (non-hydrogen) atoms. The van der Waals surface area contributed by atoms with Crippen molar-refractivity contribution < 1.29 is 18.9 Å². The van der Waals surface area contributed by atoms with Gasteiger partial charge < -0.3 is 24.3 Å². The molecule has 134 valence electrons. The monoisotopic (exact) mass is 373 g/mol. The van der Waals surface area contributed by atoms with E-state index in [4.69, 9.17) is 30.5 Å². The predicted molar refractivity (Wildman–Crippen MR) is 97.5 cm³/mol. The van der Waals surface area contributed by atoms with Crippen LogP contribution in [-0.4, -0.2) is 31.0 Å². The van der Waals surface area contributed by atoms with Crippen molar-refractivity contribution in [3.05, 3.63) is 41.2 Å². The van der Waals surface area contributed by atoms with Crippen molar-refractivity contribution in [2.24, 2.45) is 0 Å². The molecule has 1 N–H and O–H groups in total. The van der Waals surface area contributed by atoms with Gasteiger partial charge in [0, 0.05) is 18.0 Å². The number of anilines is 1. The van der Waals surface area contributed by atoms with Gasteiger partial charge in [-0.3, -0.25) is 0 Å². The van der Waals surface area contributed by atoms with Crippen molar-refractivity contribution in [3.8, 4) is 23.0 Å². The SMILES string of the molecule is COc1cc2nc(Cl)nc(NCc3ccc4c(c3)OCO4)c2cc1OC. The van der Waals surface area contributed by atoms with E-state index in [9.17, 15) is 0 Å². The summed E-state index contributed by atoms with van der Waals surface area (Å²) in [5.41, 5.74) is 1.69. The largest absolute Gasteiger partial charge is 0.493 e. The Morgan fingerprint density at radius 2 is 1.81 bits per heavy atom. The smallest absolute Gasteiger partial charge is 0.231 e. The summed E-state index contributed by atoms with van der Waals surface area (Å²) < 4.78 is 21.4. The summed E-state index contributed by atoms with van der Waals surface area (Å²) >= 11 is 6.08. The predicted octanol–water partition coefficient (Wildman–Crippen LogP) is 3.64. The first kappa shape index (κ1) is 16.5. The molecule has 0 saturated carbocycles. The van der Waals surface area contributed by atoms with E-state index in [0.717, 1.165) is 22.4 Å². The third-order valence-corrected chi connectivity index (χ3v) is 4.24. The van der Waals surface area contributed by atoms with Crippen LogP contribution in [0, 0.1) is 0 Å². The number of hydrogen-bond acceptors (Lipinski definition) is 7. The van der Waals surface area contributed by atoms with E-state index in [0.29, 0.717) is 29.4 Å². The molecule has 1 aliphatic rings. The number of nitrogens with one attached hydrogen (secondary N) is 1. The third-order valence-electron chi connectivity index (χ3n) is 4.07. The topological polar surface area (TPSA) is 74.7 Å². The number of halogens is 1. The number of fused-ring (bicyclic) bond motifs is 2. The fourth-order valence-electron chi connectivity index (χ4n) is 2.80. The molecule has 2 heterocycles. The fourth-order valence-corrected chi connectivity index (χ4v) is 2.97. The van der Waals surface area contributed by atoms with Gasteiger partial charge in [0.25, 0.3) is 0 Å². The second kappa shape index (κ2) is 6.76. The number of methoxy groups -OCH3 is 2. The van der Waals surface area contributed by atoms with Crippen LogP contribution >= 0.6 is 11.6 Å². The average molecular weight is 374 g/mol. The van der Waals surface area contributed by atoms with E-state index in [-0.39, 0.29) is 12.1 Å². The normalized spacial score (nSPS) is 12.3. The number of aromatic nitrogens is 2. The van der Waals surface area contributed by atoms with Gasteiger partial charge in [-0.05, 0) is 35.4 Å². The zero-order valence-corrected chi connectivity index (χ0v) is 15.0. The van der Waals surface area contributed by atoms with Crippen molar-refractivity contribution in [2.45, 2.75) is 6.54 Å². The van der Waals surface area contributed by atoms with Gasteiger partial charge in [-0.15, -0.1) is 0 Å². The Kier molecular flexibility index (Phi) is 4.30. The summed E-state index contributed by atoms with van der Waals surface area (Å²) in [6.07, 6.45) is 0. The summed E-state index contributed by atoms with van der Waals surface area (Å²) in [7, 11) is 3.16. The number of nitrogens with zero attached hydrogens (tertiary/aromatic N) is 2. The third kappa shape index (κ3) is 3.01. The molecule has 0 spiro atoms. The van der Waals surface area contributed by atoms with Crippen molar-refractivity contribution in [1.29, 1.82) is 0 Å². The van der Waals surface area contributed by atoms with Gasteiger partial charge in [-0.2, -0.15) is 0 Å². The Hall–Kier alpha value is -2.93. The first-order chi connectivity index (χ1) is 12.7. The van der Waals surface area contributed by atoms with Crippen molar-refractivity contribution in [1.82, 2.24) is 9.97 Å². The Balaban J connectivity index is 1.67. The fraction of sp³-hybridized carbons (Fsp3) is 0.222. The van der Waals surface area contributed by atoms with Crippen LogP contribution in [-0.2, 0) is 6.54 Å². The van der Waals surface area contributed by atoms with Crippen LogP contribution in [0.1, 0.15) is 5.56 Å². The molecule has 0 amide bonds. The summed E-state index contributed by atoms with van der Waals surface area (Å²) in [4.78, 5) is 8.58. The maximum Gasteiger partial charge on any atom is 0.231 e. The lowest BCUT2D eigenvalue weighted by Gasteiger charge is -2.13. The Labute approximate surface area is 154 Å². The quantitative estimate of drug-likeness (QED) is 0.684. The van der Waals surface area contributed by atoms with Crippen molar-refractivity contribution >= 4 is 28.3 Å². The molecule has 3 aromatic rings. The van der Waals surface area contributed by atoms with Crippen LogP contribution in [0.4, 0.5) is 5.82 Å². The minimum Gasteiger partial charge on any atom is -0.493 e. The van der Waals surface area contributed by atoms with E-state index in [1.165, 1.54) is 0 Å². The molecule has 2 aromatic carbocycles. The summed E-state index contributed by atoms with van der Waals surface area (Å²) in [6, 6.07) is 9.39. The van der Waals surface area contributed by atoms with Crippen molar-refractivity contribution in [3.63, 3.8) is 0 Å². The van der Waals surface area contributed by atoms with Crippen LogP contribution in [0.2, 0.25) is 5.28 Å².